The molecule has 2 rings (SSSR count). The van der Waals surface area contributed by atoms with E-state index in [9.17, 15) is 22.8 Å². The van der Waals surface area contributed by atoms with Gasteiger partial charge in [-0.1, -0.05) is 6.07 Å². The minimum atomic E-state index is -4.36. The van der Waals surface area contributed by atoms with Gasteiger partial charge in [0.1, 0.15) is 0 Å². The van der Waals surface area contributed by atoms with Crippen molar-refractivity contribution in [3.05, 3.63) is 29.8 Å². The largest absolute Gasteiger partial charge is 0.450 e. The number of hydrogen-bond acceptors (Lipinski definition) is 5. The topological polar surface area (TPSA) is 61.9 Å². The van der Waals surface area contributed by atoms with Gasteiger partial charge < -0.3 is 9.64 Å². The molecule has 0 bridgehead atoms. The Labute approximate surface area is 149 Å². The maximum absolute atomic E-state index is 12.8. The summed E-state index contributed by atoms with van der Waals surface area (Å²) in [5.74, 6) is -0.413. The third kappa shape index (κ3) is 5.91. The number of benzene rings is 1. The number of carbonyl (C=O) groups excluding carboxylic acids is 2. The summed E-state index contributed by atoms with van der Waals surface area (Å²) in [4.78, 5) is 26.7. The lowest BCUT2D eigenvalue weighted by atomic mass is 10.1. The Morgan fingerprint density at radius 3 is 2.50 bits per heavy atom. The highest BCUT2D eigenvalue weighted by molar-refractivity contribution is 5.91. The molecule has 0 radical (unpaired) electrons. The van der Waals surface area contributed by atoms with Gasteiger partial charge in [0, 0.05) is 44.8 Å². The van der Waals surface area contributed by atoms with Crippen LogP contribution in [-0.4, -0.2) is 56.2 Å². The van der Waals surface area contributed by atoms with Gasteiger partial charge in [-0.15, -0.1) is 0 Å². The van der Waals surface area contributed by atoms with E-state index in [2.05, 4.69) is 10.1 Å². The van der Waals surface area contributed by atoms with E-state index in [1.54, 1.807) is 13.0 Å². The highest BCUT2D eigenvalue weighted by Crippen LogP contribution is 2.31. The normalized spacial score (nSPS) is 15.6. The van der Waals surface area contributed by atoms with E-state index in [1.165, 1.54) is 6.07 Å². The fraction of sp³-hybridized carbons (Fsp3) is 0.529. The standard InChI is InChI=1S/C17H22F3N3O3/c1-2-26-16(25)21-15(24)6-7-22-8-10-23(11-9-22)14-5-3-4-13(12-14)17(18,19)20/h3-5,12H,2,6-11H2,1H3,(H,21,24,25). The highest BCUT2D eigenvalue weighted by Gasteiger charge is 2.31. The van der Waals surface area contributed by atoms with Crippen LogP contribution in [0.25, 0.3) is 0 Å². The van der Waals surface area contributed by atoms with Gasteiger partial charge in [-0.05, 0) is 25.1 Å². The lowest BCUT2D eigenvalue weighted by Gasteiger charge is -2.36. The third-order valence-electron chi connectivity index (χ3n) is 4.08. The number of piperazine rings is 1. The van der Waals surface area contributed by atoms with Gasteiger partial charge in [0.15, 0.2) is 0 Å². The Morgan fingerprint density at radius 1 is 1.19 bits per heavy atom. The van der Waals surface area contributed by atoms with E-state index in [4.69, 9.17) is 0 Å². The fourth-order valence-electron chi connectivity index (χ4n) is 2.71. The molecule has 1 aromatic rings. The second-order valence-corrected chi connectivity index (χ2v) is 5.90. The molecule has 0 unspecified atom stereocenters. The number of nitrogens with one attached hydrogen (secondary N) is 1. The average molecular weight is 373 g/mol. The van der Waals surface area contributed by atoms with E-state index in [1.807, 2.05) is 9.80 Å². The van der Waals surface area contributed by atoms with Gasteiger partial charge in [0.25, 0.3) is 0 Å². The van der Waals surface area contributed by atoms with Crippen molar-refractivity contribution in [1.82, 2.24) is 10.2 Å². The van der Waals surface area contributed by atoms with Crippen LogP contribution in [0.2, 0.25) is 0 Å². The lowest BCUT2D eigenvalue weighted by molar-refractivity contribution is -0.137. The maximum Gasteiger partial charge on any atom is 0.416 e. The summed E-state index contributed by atoms with van der Waals surface area (Å²) >= 11 is 0. The molecular weight excluding hydrogens is 351 g/mol. The van der Waals surface area contributed by atoms with Crippen LogP contribution < -0.4 is 10.2 Å². The van der Waals surface area contributed by atoms with Crippen molar-refractivity contribution < 1.29 is 27.5 Å². The second-order valence-electron chi connectivity index (χ2n) is 5.90. The van der Waals surface area contributed by atoms with Crippen LogP contribution in [0.5, 0.6) is 0 Å². The van der Waals surface area contributed by atoms with Crippen molar-refractivity contribution in [2.24, 2.45) is 0 Å². The summed E-state index contributed by atoms with van der Waals surface area (Å²) in [5.41, 5.74) is -0.118. The van der Waals surface area contributed by atoms with Crippen molar-refractivity contribution in [3.8, 4) is 0 Å². The van der Waals surface area contributed by atoms with Crippen molar-refractivity contribution in [1.29, 1.82) is 0 Å². The Kier molecular flexibility index (Phi) is 6.84. The zero-order chi connectivity index (χ0) is 19.2. The molecule has 1 aliphatic rings. The molecule has 26 heavy (non-hydrogen) atoms. The summed E-state index contributed by atoms with van der Waals surface area (Å²) in [5, 5.41) is 2.13. The molecule has 1 fully saturated rings. The zero-order valence-corrected chi connectivity index (χ0v) is 14.5. The average Bonchev–Trinajstić information content (AvgIpc) is 2.60. The van der Waals surface area contributed by atoms with Gasteiger partial charge in [0.2, 0.25) is 5.91 Å². The molecule has 0 aliphatic carbocycles. The monoisotopic (exact) mass is 373 g/mol. The number of carbonyl (C=O) groups is 2. The number of imide groups is 1. The summed E-state index contributed by atoms with van der Waals surface area (Å²) in [7, 11) is 0. The van der Waals surface area contributed by atoms with Gasteiger partial charge in [0.05, 0.1) is 12.2 Å². The van der Waals surface area contributed by atoms with E-state index >= 15 is 0 Å². The van der Waals surface area contributed by atoms with Crippen LogP contribution in [0.15, 0.2) is 24.3 Å². The zero-order valence-electron chi connectivity index (χ0n) is 14.5. The van der Waals surface area contributed by atoms with Crippen molar-refractivity contribution in [2.45, 2.75) is 19.5 Å². The minimum absolute atomic E-state index is 0.155. The molecule has 144 valence electrons. The molecule has 0 spiro atoms. The first kappa shape index (κ1) is 20.0. The summed E-state index contributed by atoms with van der Waals surface area (Å²) < 4.78 is 43.1. The second kappa shape index (κ2) is 8.88. The number of halogens is 3. The van der Waals surface area contributed by atoms with E-state index in [0.29, 0.717) is 38.4 Å². The Bertz CT molecular complexity index is 629. The summed E-state index contributed by atoms with van der Waals surface area (Å²) in [6.07, 6.45) is -4.96. The Hall–Kier alpha value is -2.29. The van der Waals surface area contributed by atoms with Gasteiger partial charge in [-0.3, -0.25) is 15.0 Å². The predicted molar refractivity (Wildman–Crippen MR) is 89.9 cm³/mol. The van der Waals surface area contributed by atoms with E-state index in [-0.39, 0.29) is 13.0 Å². The number of anilines is 1. The van der Waals surface area contributed by atoms with Gasteiger partial charge >= 0.3 is 12.3 Å². The maximum atomic E-state index is 12.8. The van der Waals surface area contributed by atoms with Gasteiger partial charge in [-0.25, -0.2) is 4.79 Å². The van der Waals surface area contributed by atoms with Crippen molar-refractivity contribution in [2.75, 3.05) is 44.2 Å². The Balaban J connectivity index is 1.79. The molecule has 6 nitrogen and oxygen atoms in total. The molecule has 1 heterocycles. The molecule has 1 N–H and O–H groups in total. The van der Waals surface area contributed by atoms with Crippen LogP contribution in [0, 0.1) is 0 Å². The first-order chi connectivity index (χ1) is 12.3. The predicted octanol–water partition coefficient (Wildman–Crippen LogP) is 2.49. The number of hydrogen-bond donors (Lipinski definition) is 1. The number of alkyl halides is 3. The first-order valence-electron chi connectivity index (χ1n) is 8.40. The van der Waals surface area contributed by atoms with Crippen LogP contribution in [0.3, 0.4) is 0 Å². The number of amides is 2. The van der Waals surface area contributed by atoms with Crippen LogP contribution in [0.4, 0.5) is 23.7 Å². The molecule has 2 amide bonds. The van der Waals surface area contributed by atoms with Crippen LogP contribution in [0.1, 0.15) is 18.9 Å². The molecular formula is C17H22F3N3O3. The summed E-state index contributed by atoms with van der Waals surface area (Å²) in [6.45, 7) is 4.71. The quantitative estimate of drug-likeness (QED) is 0.859. The summed E-state index contributed by atoms with van der Waals surface area (Å²) in [6, 6.07) is 5.28. The first-order valence-corrected chi connectivity index (χ1v) is 8.40. The van der Waals surface area contributed by atoms with E-state index < -0.39 is 23.7 Å². The van der Waals surface area contributed by atoms with Crippen molar-refractivity contribution in [3.63, 3.8) is 0 Å². The van der Waals surface area contributed by atoms with Gasteiger partial charge in [-0.2, -0.15) is 13.2 Å². The van der Waals surface area contributed by atoms with Crippen molar-refractivity contribution >= 4 is 17.7 Å². The van der Waals surface area contributed by atoms with Crippen LogP contribution in [-0.2, 0) is 15.7 Å². The fourth-order valence-corrected chi connectivity index (χ4v) is 2.71. The molecule has 0 atom stereocenters. The van der Waals surface area contributed by atoms with Crippen LogP contribution >= 0.6 is 0 Å². The molecule has 1 aliphatic heterocycles. The molecule has 0 saturated carbocycles. The minimum Gasteiger partial charge on any atom is -0.450 e. The molecule has 9 heteroatoms. The number of rotatable bonds is 5. The highest BCUT2D eigenvalue weighted by atomic mass is 19.4. The third-order valence-corrected chi connectivity index (χ3v) is 4.08. The number of ether oxygens (including phenoxy) is 1. The lowest BCUT2D eigenvalue weighted by Crippen LogP contribution is -2.47. The van der Waals surface area contributed by atoms with E-state index in [0.717, 1.165) is 12.1 Å². The number of nitrogens with zero attached hydrogens (tertiary/aromatic N) is 2. The molecule has 1 aromatic carbocycles. The smallest absolute Gasteiger partial charge is 0.416 e. The number of alkyl carbamates (subject to hydrolysis) is 1. The Morgan fingerprint density at radius 2 is 1.88 bits per heavy atom. The molecule has 1 saturated heterocycles. The SMILES string of the molecule is CCOC(=O)NC(=O)CCN1CCN(c2cccc(C(F)(F)F)c2)CC1. The molecule has 0 aromatic heterocycles.